The first-order valence-electron chi connectivity index (χ1n) is 8.71. The maximum atomic E-state index is 13.4. The summed E-state index contributed by atoms with van der Waals surface area (Å²) in [5.74, 6) is -0.482. The fourth-order valence-corrected chi connectivity index (χ4v) is 3.09. The van der Waals surface area contributed by atoms with E-state index >= 15 is 0 Å². The van der Waals surface area contributed by atoms with Crippen LogP contribution in [-0.4, -0.2) is 22.1 Å². The number of nitrogen functional groups attached to an aromatic ring is 1. The third-order valence-corrected chi connectivity index (χ3v) is 4.46. The molecule has 8 heteroatoms. The van der Waals surface area contributed by atoms with Gasteiger partial charge in [0.15, 0.2) is 0 Å². The van der Waals surface area contributed by atoms with E-state index in [1.165, 1.54) is 19.2 Å². The Bertz CT molecular complexity index is 1250. The van der Waals surface area contributed by atoms with Crippen LogP contribution in [0, 0.1) is 11.6 Å². The number of ether oxygens (including phenoxy) is 1. The van der Waals surface area contributed by atoms with Crippen molar-refractivity contribution < 1.29 is 13.5 Å². The van der Waals surface area contributed by atoms with Crippen molar-refractivity contribution in [3.8, 4) is 17.0 Å². The van der Waals surface area contributed by atoms with Gasteiger partial charge in [0.2, 0.25) is 0 Å². The fourth-order valence-electron chi connectivity index (χ4n) is 3.09. The van der Waals surface area contributed by atoms with Gasteiger partial charge in [-0.1, -0.05) is 6.07 Å². The summed E-state index contributed by atoms with van der Waals surface area (Å²) in [5.41, 5.74) is 8.00. The molecule has 0 spiro atoms. The number of fused-ring (bicyclic) bond motifs is 1. The van der Waals surface area contributed by atoms with Crippen molar-refractivity contribution in [3.63, 3.8) is 0 Å². The van der Waals surface area contributed by atoms with E-state index in [2.05, 4.69) is 15.0 Å². The molecule has 0 unspecified atom stereocenters. The minimum absolute atomic E-state index is 0.303. The van der Waals surface area contributed by atoms with Crippen LogP contribution in [0.15, 0.2) is 53.5 Å². The smallest absolute Gasteiger partial charge is 0.258 e. The Morgan fingerprint density at radius 3 is 2.52 bits per heavy atom. The molecule has 0 radical (unpaired) electrons. The SMILES string of the molecule is COc1cc2c(=O)[nH]c(Cc3ccc(-c4cc(F)cc(F)c4)nc3)nc2cc1N. The quantitative estimate of drug-likeness (QED) is 0.517. The first-order valence-corrected chi connectivity index (χ1v) is 8.71. The highest BCUT2D eigenvalue weighted by atomic mass is 19.1. The van der Waals surface area contributed by atoms with Gasteiger partial charge >= 0.3 is 0 Å². The van der Waals surface area contributed by atoms with E-state index in [0.717, 1.165) is 11.6 Å². The zero-order chi connectivity index (χ0) is 20.5. The van der Waals surface area contributed by atoms with Gasteiger partial charge in [-0.15, -0.1) is 0 Å². The lowest BCUT2D eigenvalue weighted by molar-refractivity contribution is 0.417. The van der Waals surface area contributed by atoms with Crippen LogP contribution in [0.5, 0.6) is 5.75 Å². The van der Waals surface area contributed by atoms with Crippen molar-refractivity contribution in [1.29, 1.82) is 0 Å². The molecule has 0 amide bonds. The maximum absolute atomic E-state index is 13.4. The van der Waals surface area contributed by atoms with E-state index in [1.54, 1.807) is 30.5 Å². The predicted octanol–water partition coefficient (Wildman–Crippen LogP) is 3.44. The fraction of sp³-hybridized carbons (Fsp3) is 0.0952. The molecule has 0 atom stereocenters. The minimum Gasteiger partial charge on any atom is -0.495 e. The van der Waals surface area contributed by atoms with E-state index < -0.39 is 11.6 Å². The number of aromatic amines is 1. The molecule has 0 aliphatic rings. The number of pyridine rings is 1. The second-order valence-electron chi connectivity index (χ2n) is 6.51. The van der Waals surface area contributed by atoms with Gasteiger partial charge in [0.1, 0.15) is 23.2 Å². The number of hydrogen-bond acceptors (Lipinski definition) is 5. The van der Waals surface area contributed by atoms with Gasteiger partial charge < -0.3 is 15.5 Å². The number of rotatable bonds is 4. The molecule has 0 saturated carbocycles. The number of hydrogen-bond donors (Lipinski definition) is 2. The van der Waals surface area contributed by atoms with Gasteiger partial charge in [0.05, 0.1) is 29.4 Å². The molecule has 2 aromatic heterocycles. The zero-order valence-electron chi connectivity index (χ0n) is 15.4. The molecular formula is C21H16F2N4O2. The Morgan fingerprint density at radius 2 is 1.86 bits per heavy atom. The first kappa shape index (κ1) is 18.5. The van der Waals surface area contributed by atoms with E-state index in [4.69, 9.17) is 10.5 Å². The first-order chi connectivity index (χ1) is 13.9. The van der Waals surface area contributed by atoms with Gasteiger partial charge in [-0.3, -0.25) is 9.78 Å². The summed E-state index contributed by atoms with van der Waals surface area (Å²) in [6.07, 6.45) is 1.90. The van der Waals surface area contributed by atoms with E-state index in [1.807, 2.05) is 0 Å². The molecule has 4 aromatic rings. The second kappa shape index (κ2) is 7.31. The molecule has 4 rings (SSSR count). The van der Waals surface area contributed by atoms with Crippen molar-refractivity contribution in [1.82, 2.24) is 15.0 Å². The highest BCUT2D eigenvalue weighted by Crippen LogP contribution is 2.25. The summed E-state index contributed by atoms with van der Waals surface area (Å²) in [6.45, 7) is 0. The van der Waals surface area contributed by atoms with Crippen molar-refractivity contribution in [2.75, 3.05) is 12.8 Å². The highest BCUT2D eigenvalue weighted by molar-refractivity contribution is 5.84. The lowest BCUT2D eigenvalue weighted by Crippen LogP contribution is -2.13. The Balaban J connectivity index is 1.64. The van der Waals surface area contributed by atoms with Crippen molar-refractivity contribution in [2.24, 2.45) is 0 Å². The zero-order valence-corrected chi connectivity index (χ0v) is 15.4. The van der Waals surface area contributed by atoms with Gasteiger partial charge in [0.25, 0.3) is 5.56 Å². The summed E-state index contributed by atoms with van der Waals surface area (Å²) in [4.78, 5) is 23.8. The molecule has 6 nitrogen and oxygen atoms in total. The van der Waals surface area contributed by atoms with E-state index in [9.17, 15) is 13.6 Å². The summed E-state index contributed by atoms with van der Waals surface area (Å²) in [5, 5.41) is 0.376. The normalized spacial score (nSPS) is 11.0. The topological polar surface area (TPSA) is 93.9 Å². The van der Waals surface area contributed by atoms with Crippen LogP contribution in [0.4, 0.5) is 14.5 Å². The number of nitrogens with one attached hydrogen (secondary N) is 1. The standard InChI is InChI=1S/C21H16F2N4O2/c1-29-19-8-15-18(9-16(19)24)26-20(27-21(15)28)4-11-2-3-17(25-10-11)12-5-13(22)7-14(23)6-12/h2-3,5-10H,4,24H2,1H3,(H,26,27,28). The summed E-state index contributed by atoms with van der Waals surface area (Å²) in [7, 11) is 1.47. The number of aromatic nitrogens is 3. The number of nitrogens with zero attached hydrogens (tertiary/aromatic N) is 2. The Kier molecular flexibility index (Phi) is 4.67. The number of nitrogens with two attached hydrogens (primary N) is 1. The Labute approximate surface area is 164 Å². The van der Waals surface area contributed by atoms with Crippen molar-refractivity contribution >= 4 is 16.6 Å². The number of benzene rings is 2. The summed E-state index contributed by atoms with van der Waals surface area (Å²) in [6, 6.07) is 9.80. The number of halogens is 2. The summed E-state index contributed by atoms with van der Waals surface area (Å²) < 4.78 is 31.9. The van der Waals surface area contributed by atoms with Crippen LogP contribution in [0.25, 0.3) is 22.2 Å². The minimum atomic E-state index is -0.667. The molecule has 2 heterocycles. The molecule has 146 valence electrons. The predicted molar refractivity (Wildman–Crippen MR) is 106 cm³/mol. The third kappa shape index (κ3) is 3.77. The van der Waals surface area contributed by atoms with Crippen molar-refractivity contribution in [2.45, 2.75) is 6.42 Å². The molecule has 0 saturated heterocycles. The van der Waals surface area contributed by atoms with Crippen LogP contribution in [0.1, 0.15) is 11.4 Å². The van der Waals surface area contributed by atoms with Crippen LogP contribution in [0.3, 0.4) is 0 Å². The molecule has 3 N–H and O–H groups in total. The number of H-pyrrole nitrogens is 1. The third-order valence-electron chi connectivity index (χ3n) is 4.46. The lowest BCUT2D eigenvalue weighted by Gasteiger charge is -2.08. The van der Waals surface area contributed by atoms with Gasteiger partial charge in [-0.25, -0.2) is 13.8 Å². The van der Waals surface area contributed by atoms with Crippen LogP contribution in [-0.2, 0) is 6.42 Å². The van der Waals surface area contributed by atoms with Crippen LogP contribution in [0.2, 0.25) is 0 Å². The molecule has 0 bridgehead atoms. The largest absolute Gasteiger partial charge is 0.495 e. The van der Waals surface area contributed by atoms with Gasteiger partial charge in [-0.2, -0.15) is 0 Å². The average molecular weight is 394 g/mol. The maximum Gasteiger partial charge on any atom is 0.258 e. The molecule has 0 aliphatic heterocycles. The monoisotopic (exact) mass is 394 g/mol. The van der Waals surface area contributed by atoms with E-state index in [-0.39, 0.29) is 5.56 Å². The van der Waals surface area contributed by atoms with Crippen LogP contribution < -0.4 is 16.0 Å². The molecule has 2 aromatic carbocycles. The van der Waals surface area contributed by atoms with Gasteiger partial charge in [-0.05, 0) is 35.9 Å². The Morgan fingerprint density at radius 1 is 1.10 bits per heavy atom. The molecular weight excluding hydrogens is 378 g/mol. The number of methoxy groups -OCH3 is 1. The highest BCUT2D eigenvalue weighted by Gasteiger charge is 2.10. The molecule has 0 aliphatic carbocycles. The Hall–Kier alpha value is -3.81. The van der Waals surface area contributed by atoms with E-state index in [0.29, 0.717) is 45.8 Å². The molecule has 0 fully saturated rings. The molecule has 29 heavy (non-hydrogen) atoms. The van der Waals surface area contributed by atoms with Crippen molar-refractivity contribution in [3.05, 3.63) is 82.0 Å². The van der Waals surface area contributed by atoms with Crippen LogP contribution >= 0.6 is 0 Å². The number of anilines is 1. The summed E-state index contributed by atoms with van der Waals surface area (Å²) >= 11 is 0. The average Bonchev–Trinajstić information content (AvgIpc) is 2.67. The second-order valence-corrected chi connectivity index (χ2v) is 6.51. The lowest BCUT2D eigenvalue weighted by atomic mass is 10.1. The van der Waals surface area contributed by atoms with Gasteiger partial charge in [0, 0.05) is 24.2 Å².